The van der Waals surface area contributed by atoms with Gasteiger partial charge < -0.3 is 10.6 Å². The van der Waals surface area contributed by atoms with Crippen LogP contribution in [0, 0.1) is 0 Å². The number of hydrogen-bond donors (Lipinski definition) is 1. The highest BCUT2D eigenvalue weighted by atomic mass is 32.1. The van der Waals surface area contributed by atoms with Crippen molar-refractivity contribution in [2.24, 2.45) is 5.73 Å². The summed E-state index contributed by atoms with van der Waals surface area (Å²) in [6, 6.07) is 7.62. The van der Waals surface area contributed by atoms with E-state index in [2.05, 4.69) is 15.3 Å². The molecule has 1 fully saturated rings. The van der Waals surface area contributed by atoms with Gasteiger partial charge in [0.1, 0.15) is 0 Å². The first-order valence-electron chi connectivity index (χ1n) is 7.94. The van der Waals surface area contributed by atoms with Crippen molar-refractivity contribution in [3.8, 4) is 0 Å². The maximum atomic E-state index is 12.6. The predicted molar refractivity (Wildman–Crippen MR) is 92.2 cm³/mol. The largest absolute Gasteiger partial charge is 0.337 e. The number of thiazole rings is 1. The van der Waals surface area contributed by atoms with E-state index >= 15 is 0 Å². The van der Waals surface area contributed by atoms with Crippen molar-refractivity contribution in [1.82, 2.24) is 14.8 Å². The van der Waals surface area contributed by atoms with Crippen LogP contribution in [0.2, 0.25) is 0 Å². The predicted octanol–water partition coefficient (Wildman–Crippen LogP) is 1.95. The smallest absolute Gasteiger partial charge is 0.253 e. The fraction of sp³-hybridized carbons (Fsp3) is 0.412. The van der Waals surface area contributed by atoms with E-state index in [1.165, 1.54) is 0 Å². The van der Waals surface area contributed by atoms with Gasteiger partial charge in [-0.15, -0.1) is 11.3 Å². The van der Waals surface area contributed by atoms with E-state index in [0.717, 1.165) is 56.0 Å². The van der Waals surface area contributed by atoms with E-state index in [9.17, 15) is 4.79 Å². The molecule has 1 saturated heterocycles. The van der Waals surface area contributed by atoms with Crippen LogP contribution in [0.3, 0.4) is 0 Å². The third kappa shape index (κ3) is 4.16. The summed E-state index contributed by atoms with van der Waals surface area (Å²) in [5, 5.41) is 2.09. The highest BCUT2D eigenvalue weighted by Crippen LogP contribution is 2.13. The number of aromatic nitrogens is 1. The van der Waals surface area contributed by atoms with Gasteiger partial charge in [0.15, 0.2) is 0 Å². The molecule has 1 aromatic carbocycles. The molecule has 6 heteroatoms. The van der Waals surface area contributed by atoms with Crippen LogP contribution in [0.4, 0.5) is 0 Å². The third-order valence-corrected chi connectivity index (χ3v) is 4.82. The lowest BCUT2D eigenvalue weighted by molar-refractivity contribution is 0.0761. The summed E-state index contributed by atoms with van der Waals surface area (Å²) in [7, 11) is 0. The van der Waals surface area contributed by atoms with Gasteiger partial charge in [-0.1, -0.05) is 12.1 Å². The lowest BCUT2D eigenvalue weighted by Gasteiger charge is -2.21. The second-order valence-corrected chi connectivity index (χ2v) is 6.52. The average molecular weight is 330 g/mol. The third-order valence-electron chi connectivity index (χ3n) is 4.18. The molecule has 23 heavy (non-hydrogen) atoms. The van der Waals surface area contributed by atoms with Crippen LogP contribution in [-0.2, 0) is 13.1 Å². The first-order valence-corrected chi connectivity index (χ1v) is 8.88. The van der Waals surface area contributed by atoms with Gasteiger partial charge in [0.25, 0.3) is 5.91 Å². The summed E-state index contributed by atoms with van der Waals surface area (Å²) in [6.45, 7) is 4.85. The Morgan fingerprint density at radius 3 is 2.70 bits per heavy atom. The van der Waals surface area contributed by atoms with Crippen LogP contribution in [0.15, 0.2) is 35.2 Å². The topological polar surface area (TPSA) is 62.5 Å². The van der Waals surface area contributed by atoms with E-state index in [1.54, 1.807) is 11.3 Å². The Hall–Kier alpha value is -1.76. The molecule has 0 aliphatic carbocycles. The summed E-state index contributed by atoms with van der Waals surface area (Å²) in [6.07, 6.45) is 0.997. The van der Waals surface area contributed by atoms with Crippen molar-refractivity contribution in [1.29, 1.82) is 0 Å². The molecule has 0 unspecified atom stereocenters. The van der Waals surface area contributed by atoms with E-state index < -0.39 is 0 Å². The molecular weight excluding hydrogens is 308 g/mol. The van der Waals surface area contributed by atoms with Crippen LogP contribution >= 0.6 is 11.3 Å². The lowest BCUT2D eigenvalue weighted by Crippen LogP contribution is -2.35. The Bertz CT molecular complexity index is 627. The molecule has 2 aromatic rings. The Kier molecular flexibility index (Phi) is 5.38. The Morgan fingerprint density at radius 1 is 1.17 bits per heavy atom. The number of rotatable bonds is 4. The lowest BCUT2D eigenvalue weighted by atomic mass is 10.1. The summed E-state index contributed by atoms with van der Waals surface area (Å²) in [4.78, 5) is 21.3. The first kappa shape index (κ1) is 16.1. The van der Waals surface area contributed by atoms with Gasteiger partial charge in [-0.25, -0.2) is 4.98 Å². The molecule has 0 radical (unpaired) electrons. The Morgan fingerprint density at radius 2 is 2.00 bits per heavy atom. The standard InChI is InChI=1S/C17H22N4OS/c18-10-14-2-4-15(5-3-14)17(22)21-7-1-6-20(8-9-21)11-16-12-23-13-19-16/h2-5,12-13H,1,6-11,18H2. The number of benzene rings is 1. The quantitative estimate of drug-likeness (QED) is 0.931. The van der Waals surface area contributed by atoms with Crippen LogP contribution in [0.25, 0.3) is 0 Å². The molecule has 2 heterocycles. The maximum absolute atomic E-state index is 12.6. The zero-order valence-corrected chi connectivity index (χ0v) is 14.0. The van der Waals surface area contributed by atoms with Crippen molar-refractivity contribution in [3.63, 3.8) is 0 Å². The van der Waals surface area contributed by atoms with Crippen molar-refractivity contribution < 1.29 is 4.79 Å². The zero-order chi connectivity index (χ0) is 16.1. The molecule has 0 bridgehead atoms. The summed E-state index contributed by atoms with van der Waals surface area (Å²) in [5.41, 5.74) is 10.4. The highest BCUT2D eigenvalue weighted by Gasteiger charge is 2.20. The van der Waals surface area contributed by atoms with Crippen molar-refractivity contribution in [2.75, 3.05) is 26.2 Å². The number of nitrogens with two attached hydrogens (primary N) is 1. The number of hydrogen-bond acceptors (Lipinski definition) is 5. The summed E-state index contributed by atoms with van der Waals surface area (Å²) >= 11 is 1.63. The van der Waals surface area contributed by atoms with Gasteiger partial charge >= 0.3 is 0 Å². The molecule has 0 atom stereocenters. The van der Waals surface area contributed by atoms with E-state index in [0.29, 0.717) is 6.54 Å². The van der Waals surface area contributed by atoms with Gasteiger partial charge in [-0.05, 0) is 24.1 Å². The highest BCUT2D eigenvalue weighted by molar-refractivity contribution is 7.07. The first-order chi connectivity index (χ1) is 11.3. The van der Waals surface area contributed by atoms with E-state index in [1.807, 2.05) is 34.7 Å². The van der Waals surface area contributed by atoms with Crippen molar-refractivity contribution in [3.05, 3.63) is 52.0 Å². The summed E-state index contributed by atoms with van der Waals surface area (Å²) in [5.74, 6) is 0.115. The van der Waals surface area contributed by atoms with Crippen LogP contribution in [0.5, 0.6) is 0 Å². The van der Waals surface area contributed by atoms with Crippen molar-refractivity contribution >= 4 is 17.2 Å². The average Bonchev–Trinajstić information content (AvgIpc) is 2.99. The minimum absolute atomic E-state index is 0.115. The Labute approximate surface area is 140 Å². The molecule has 0 spiro atoms. The van der Waals surface area contributed by atoms with E-state index in [4.69, 9.17) is 5.73 Å². The number of carbonyl (C=O) groups excluding carboxylic acids is 1. The fourth-order valence-electron chi connectivity index (χ4n) is 2.84. The van der Waals surface area contributed by atoms with Gasteiger partial charge in [-0.3, -0.25) is 9.69 Å². The molecule has 1 aliphatic heterocycles. The second-order valence-electron chi connectivity index (χ2n) is 5.80. The van der Waals surface area contributed by atoms with E-state index in [-0.39, 0.29) is 5.91 Å². The zero-order valence-electron chi connectivity index (χ0n) is 13.1. The van der Waals surface area contributed by atoms with Crippen LogP contribution < -0.4 is 5.73 Å². The Balaban J connectivity index is 1.59. The molecular formula is C17H22N4OS. The number of carbonyl (C=O) groups is 1. The molecule has 3 rings (SSSR count). The van der Waals surface area contributed by atoms with Gasteiger partial charge in [0.2, 0.25) is 0 Å². The monoisotopic (exact) mass is 330 g/mol. The molecule has 1 amide bonds. The molecule has 2 N–H and O–H groups in total. The van der Waals surface area contributed by atoms with Gasteiger partial charge in [0, 0.05) is 50.2 Å². The van der Waals surface area contributed by atoms with Crippen LogP contribution in [0.1, 0.15) is 28.0 Å². The maximum Gasteiger partial charge on any atom is 0.253 e. The van der Waals surface area contributed by atoms with Gasteiger partial charge in [-0.2, -0.15) is 0 Å². The molecule has 1 aliphatic rings. The molecule has 0 saturated carbocycles. The second kappa shape index (κ2) is 7.68. The molecule has 122 valence electrons. The SMILES string of the molecule is NCc1ccc(C(=O)N2CCCN(Cc3cscn3)CC2)cc1. The summed E-state index contributed by atoms with van der Waals surface area (Å²) < 4.78 is 0. The normalized spacial score (nSPS) is 16.3. The van der Waals surface area contributed by atoms with Crippen molar-refractivity contribution in [2.45, 2.75) is 19.5 Å². The minimum atomic E-state index is 0.115. The van der Waals surface area contributed by atoms with Crippen LogP contribution in [-0.4, -0.2) is 46.9 Å². The molecule has 5 nitrogen and oxygen atoms in total. The number of nitrogens with zero attached hydrogens (tertiary/aromatic N) is 3. The van der Waals surface area contributed by atoms with Gasteiger partial charge in [0.05, 0.1) is 11.2 Å². The number of amides is 1. The fourth-order valence-corrected chi connectivity index (χ4v) is 3.39. The minimum Gasteiger partial charge on any atom is -0.337 e. The molecule has 1 aromatic heterocycles.